The molecule has 1 aromatic carbocycles. The summed E-state index contributed by atoms with van der Waals surface area (Å²) in [5.74, 6) is 0.0145. The minimum atomic E-state index is -2.94. The zero-order chi connectivity index (χ0) is 22.7. The molecular weight excluding hydrogens is 416 g/mol. The average molecular weight is 446 g/mol. The largest absolute Gasteiger partial charge is 0.487 e. The van der Waals surface area contributed by atoms with Crippen LogP contribution in [-0.2, 0) is 17.3 Å². The molecule has 0 amide bonds. The Bertz CT molecular complexity index is 908. The maximum atomic E-state index is 14.2. The van der Waals surface area contributed by atoms with E-state index in [0.29, 0.717) is 22.6 Å². The van der Waals surface area contributed by atoms with Gasteiger partial charge in [0.1, 0.15) is 12.4 Å². The van der Waals surface area contributed by atoms with E-state index in [1.54, 1.807) is 12.1 Å². The van der Waals surface area contributed by atoms with E-state index >= 15 is 0 Å². The van der Waals surface area contributed by atoms with Crippen molar-refractivity contribution in [2.45, 2.75) is 45.3 Å². The fourth-order valence-electron chi connectivity index (χ4n) is 2.95. The molecule has 0 bridgehead atoms. The summed E-state index contributed by atoms with van der Waals surface area (Å²) in [5, 5.41) is 12.2. The summed E-state index contributed by atoms with van der Waals surface area (Å²) >= 11 is 1.05. The summed E-state index contributed by atoms with van der Waals surface area (Å²) in [6.07, 6.45) is 12.1. The summed E-state index contributed by atoms with van der Waals surface area (Å²) in [7, 11) is 0. The molecule has 3 nitrogen and oxygen atoms in total. The summed E-state index contributed by atoms with van der Waals surface area (Å²) in [4.78, 5) is 0.726. The fraction of sp³-hybridized carbons (Fsp3) is 0.360. The molecule has 0 aliphatic heterocycles. The van der Waals surface area contributed by atoms with Gasteiger partial charge in [-0.2, -0.15) is 0 Å². The number of hydrogen-bond donors (Lipinski definition) is 2. The predicted molar refractivity (Wildman–Crippen MR) is 124 cm³/mol. The van der Waals surface area contributed by atoms with E-state index in [2.05, 4.69) is 11.2 Å². The Morgan fingerprint density at radius 2 is 2.10 bits per heavy atom. The van der Waals surface area contributed by atoms with Gasteiger partial charge in [0, 0.05) is 36.1 Å². The summed E-state index contributed by atoms with van der Waals surface area (Å²) < 4.78 is 34.2. The van der Waals surface area contributed by atoms with Crippen molar-refractivity contribution >= 4 is 11.3 Å². The number of benzene rings is 1. The number of allylic oxidation sites excluding steroid dienone is 2. The molecule has 166 valence electrons. The molecule has 6 heteroatoms. The predicted octanol–water partition coefficient (Wildman–Crippen LogP) is 5.87. The highest BCUT2D eigenvalue weighted by Gasteiger charge is 2.31. The lowest BCUT2D eigenvalue weighted by molar-refractivity contribution is 0.0221. The molecule has 1 unspecified atom stereocenters. The molecule has 31 heavy (non-hydrogen) atoms. The van der Waals surface area contributed by atoms with Crippen LogP contribution in [0.5, 0.6) is 0 Å². The molecule has 0 saturated carbocycles. The number of rotatable bonds is 12. The molecule has 0 fully saturated rings. The maximum absolute atomic E-state index is 14.2. The zero-order valence-corrected chi connectivity index (χ0v) is 18.7. The minimum absolute atomic E-state index is 0.0263. The van der Waals surface area contributed by atoms with E-state index in [1.807, 2.05) is 43.3 Å². The van der Waals surface area contributed by atoms with Gasteiger partial charge in [0.05, 0.1) is 4.88 Å². The van der Waals surface area contributed by atoms with E-state index in [-0.39, 0.29) is 24.1 Å². The van der Waals surface area contributed by atoms with Crippen molar-refractivity contribution in [2.75, 3.05) is 13.2 Å². The number of nitrogens with one attached hydrogen (secondary N) is 1. The van der Waals surface area contributed by atoms with Crippen LogP contribution >= 0.6 is 11.3 Å². The highest BCUT2D eigenvalue weighted by atomic mass is 32.1. The molecule has 0 aliphatic carbocycles. The Kier molecular flexibility index (Phi) is 9.93. The fourth-order valence-corrected chi connectivity index (χ4v) is 3.98. The van der Waals surface area contributed by atoms with Gasteiger partial charge in [0.25, 0.3) is 5.92 Å². The van der Waals surface area contributed by atoms with Gasteiger partial charge in [-0.05, 0) is 44.0 Å². The Hall–Kier alpha value is -2.46. The maximum Gasteiger partial charge on any atom is 0.280 e. The van der Waals surface area contributed by atoms with Gasteiger partial charge in [-0.1, -0.05) is 42.3 Å². The lowest BCUT2D eigenvalue weighted by Crippen LogP contribution is -2.27. The molecule has 2 N–H and O–H groups in total. The van der Waals surface area contributed by atoms with Crippen molar-refractivity contribution < 1.29 is 18.6 Å². The van der Waals surface area contributed by atoms with Gasteiger partial charge in [0.15, 0.2) is 0 Å². The molecule has 1 aromatic heterocycles. The van der Waals surface area contributed by atoms with Crippen molar-refractivity contribution in [3.63, 3.8) is 0 Å². The second-order valence-electron chi connectivity index (χ2n) is 7.27. The minimum Gasteiger partial charge on any atom is -0.487 e. The second kappa shape index (κ2) is 12.4. The molecule has 1 atom stereocenters. The molecular formula is C25H29F2NO2S. The number of alkyl halides is 2. The van der Waals surface area contributed by atoms with Crippen LogP contribution < -0.4 is 5.32 Å². The van der Waals surface area contributed by atoms with Crippen molar-refractivity contribution in [3.05, 3.63) is 70.1 Å². The Morgan fingerprint density at radius 1 is 1.35 bits per heavy atom. The van der Waals surface area contributed by atoms with Crippen LogP contribution in [0.4, 0.5) is 8.78 Å². The van der Waals surface area contributed by atoms with E-state index in [9.17, 15) is 8.78 Å². The van der Waals surface area contributed by atoms with Crippen molar-refractivity contribution in [1.29, 1.82) is 0 Å². The number of aliphatic hydroxyl groups is 1. The molecule has 2 aromatic rings. The van der Waals surface area contributed by atoms with Gasteiger partial charge in [-0.25, -0.2) is 8.78 Å². The molecule has 0 aliphatic rings. The van der Waals surface area contributed by atoms with Crippen molar-refractivity contribution in [3.8, 4) is 23.5 Å². The normalized spacial score (nSPS) is 13.4. The number of hydrogen-bond acceptors (Lipinski definition) is 4. The van der Waals surface area contributed by atoms with Crippen LogP contribution in [0.2, 0.25) is 0 Å². The first-order valence-electron chi connectivity index (χ1n) is 10.2. The van der Waals surface area contributed by atoms with Crippen molar-refractivity contribution in [2.24, 2.45) is 0 Å². The Balaban J connectivity index is 2.03. The van der Waals surface area contributed by atoms with Gasteiger partial charge >= 0.3 is 0 Å². The third-order valence-corrected chi connectivity index (χ3v) is 5.80. The van der Waals surface area contributed by atoms with Gasteiger partial charge in [-0.3, -0.25) is 0 Å². The van der Waals surface area contributed by atoms with E-state index < -0.39 is 5.92 Å². The van der Waals surface area contributed by atoms with Crippen LogP contribution in [0.1, 0.15) is 36.4 Å². The summed E-state index contributed by atoms with van der Waals surface area (Å²) in [6, 6.07) is 11.2. The number of terminal acetylenes is 1. The van der Waals surface area contributed by atoms with Crippen LogP contribution in [0.3, 0.4) is 0 Å². The number of aliphatic hydroxyl groups excluding tert-OH is 1. The first-order chi connectivity index (χ1) is 14.8. The Morgan fingerprint density at radius 3 is 2.74 bits per heavy atom. The van der Waals surface area contributed by atoms with Crippen LogP contribution in [-0.4, -0.2) is 24.3 Å². The SMILES string of the molecule is C#C/C=C(\C=C/CCNC(C)CCO)OCc1cc(-c2ccccc2)c(C(C)(F)F)s1. The lowest BCUT2D eigenvalue weighted by Gasteiger charge is -2.11. The summed E-state index contributed by atoms with van der Waals surface area (Å²) in [5.41, 5.74) is 1.28. The van der Waals surface area contributed by atoms with Gasteiger partial charge < -0.3 is 15.2 Å². The Labute approximate surface area is 187 Å². The molecule has 0 radical (unpaired) electrons. The average Bonchev–Trinajstić information content (AvgIpc) is 3.17. The monoisotopic (exact) mass is 445 g/mol. The highest BCUT2D eigenvalue weighted by Crippen LogP contribution is 2.41. The molecule has 0 saturated heterocycles. The number of halogens is 2. The lowest BCUT2D eigenvalue weighted by atomic mass is 10.0. The van der Waals surface area contributed by atoms with Crippen LogP contribution in [0.15, 0.2) is 60.4 Å². The first kappa shape index (κ1) is 24.8. The number of ether oxygens (including phenoxy) is 1. The van der Waals surface area contributed by atoms with E-state index in [1.165, 1.54) is 6.08 Å². The van der Waals surface area contributed by atoms with Crippen LogP contribution in [0, 0.1) is 12.3 Å². The molecule has 0 spiro atoms. The highest BCUT2D eigenvalue weighted by molar-refractivity contribution is 7.12. The smallest absolute Gasteiger partial charge is 0.280 e. The topological polar surface area (TPSA) is 41.5 Å². The van der Waals surface area contributed by atoms with E-state index in [0.717, 1.165) is 36.8 Å². The summed E-state index contributed by atoms with van der Waals surface area (Å²) in [6.45, 7) is 4.02. The van der Waals surface area contributed by atoms with Crippen LogP contribution in [0.25, 0.3) is 11.1 Å². The molecule has 2 rings (SSSR count). The standard InChI is InChI=1S/C25H29F2NO2S/c1-4-10-21(13-8-9-15-28-19(2)14-16-29)30-18-22-17-23(20-11-6-5-7-12-20)24(31-22)25(3,26)27/h1,5-8,10-13,17,19,28-29H,9,14-16,18H2,2-3H3/b13-8-,21-10+. The van der Waals surface area contributed by atoms with E-state index in [4.69, 9.17) is 16.3 Å². The third-order valence-electron chi connectivity index (χ3n) is 4.52. The van der Waals surface area contributed by atoms with Crippen molar-refractivity contribution in [1.82, 2.24) is 5.32 Å². The number of thiophene rings is 1. The second-order valence-corrected chi connectivity index (χ2v) is 8.41. The zero-order valence-electron chi connectivity index (χ0n) is 17.9. The molecule has 1 heterocycles. The van der Waals surface area contributed by atoms with Gasteiger partial charge in [0.2, 0.25) is 0 Å². The third kappa shape index (κ3) is 8.29. The quantitative estimate of drug-likeness (QED) is 0.186. The first-order valence-corrected chi connectivity index (χ1v) is 11.0. The van der Waals surface area contributed by atoms with Gasteiger partial charge in [-0.15, -0.1) is 17.8 Å².